The minimum Gasteiger partial charge on any atom is -0.381 e. The number of nitrogens with two attached hydrogens (primary N) is 1. The summed E-state index contributed by atoms with van der Waals surface area (Å²) < 4.78 is 26.0. The molecule has 6 nitrogen and oxygen atoms in total. The molecule has 0 aromatic heterocycles. The summed E-state index contributed by atoms with van der Waals surface area (Å²) in [6.07, 6.45) is 5.92. The van der Waals surface area contributed by atoms with Gasteiger partial charge in [0.25, 0.3) is 0 Å². The van der Waals surface area contributed by atoms with Crippen LogP contribution in [0.3, 0.4) is 0 Å². The van der Waals surface area contributed by atoms with Crippen molar-refractivity contribution >= 4 is 6.03 Å². The number of piperidine rings is 1. The van der Waals surface area contributed by atoms with Gasteiger partial charge in [-0.1, -0.05) is 12.5 Å². The Morgan fingerprint density at radius 3 is 2.91 bits per heavy atom. The van der Waals surface area contributed by atoms with E-state index in [-0.39, 0.29) is 36.0 Å². The number of carbonyl (C=O) groups excluding carboxylic acids is 1. The van der Waals surface area contributed by atoms with Crippen molar-refractivity contribution in [3.05, 3.63) is 35.1 Å². The molecule has 2 aliphatic heterocycles. The second kappa shape index (κ2) is 12.7. The molecule has 0 bridgehead atoms. The molecule has 2 amide bonds. The molecule has 2 heterocycles. The lowest BCUT2D eigenvalue weighted by Crippen LogP contribution is -2.49. The first kappa shape index (κ1) is 25.9. The molecular formula is C26H42FN3O3. The van der Waals surface area contributed by atoms with Crippen LogP contribution in [-0.4, -0.2) is 55.9 Å². The summed E-state index contributed by atoms with van der Waals surface area (Å²) in [5.41, 5.74) is 8.22. The number of rotatable bonds is 8. The smallest absolute Gasteiger partial charge is 0.317 e. The highest BCUT2D eigenvalue weighted by molar-refractivity contribution is 5.74. The molecule has 1 aromatic carbocycles. The normalized spacial score (nSPS) is 23.8. The number of ether oxygens (including phenoxy) is 2. The number of urea groups is 1. The number of nitrogens with one attached hydrogen (secondary N) is 1. The van der Waals surface area contributed by atoms with Crippen molar-refractivity contribution in [2.24, 2.45) is 17.6 Å². The van der Waals surface area contributed by atoms with E-state index >= 15 is 0 Å². The van der Waals surface area contributed by atoms with Gasteiger partial charge >= 0.3 is 6.03 Å². The summed E-state index contributed by atoms with van der Waals surface area (Å²) in [5, 5.41) is 3.04. The van der Waals surface area contributed by atoms with E-state index in [0.29, 0.717) is 25.6 Å². The number of hydrogen-bond donors (Lipinski definition) is 2. The monoisotopic (exact) mass is 463 g/mol. The van der Waals surface area contributed by atoms with Crippen LogP contribution in [0.4, 0.5) is 9.18 Å². The molecule has 3 rings (SSSR count). The number of likely N-dealkylation sites (tertiary alicyclic amines) is 1. The summed E-state index contributed by atoms with van der Waals surface area (Å²) in [4.78, 5) is 14.8. The molecule has 33 heavy (non-hydrogen) atoms. The number of benzene rings is 1. The second-order valence-electron chi connectivity index (χ2n) is 10.1. The van der Waals surface area contributed by atoms with Crippen LogP contribution in [0.1, 0.15) is 69.6 Å². The maximum atomic E-state index is 14.0. The summed E-state index contributed by atoms with van der Waals surface area (Å²) in [7, 11) is 0. The predicted molar refractivity (Wildman–Crippen MR) is 129 cm³/mol. The molecule has 3 N–H and O–H groups in total. The van der Waals surface area contributed by atoms with E-state index in [9.17, 15) is 9.18 Å². The summed E-state index contributed by atoms with van der Waals surface area (Å²) >= 11 is 0. The molecule has 0 saturated carbocycles. The molecule has 2 fully saturated rings. The fourth-order valence-electron chi connectivity index (χ4n) is 5.09. The quantitative estimate of drug-likeness (QED) is 0.593. The standard InChI is InChI=1S/C26H42FN3O3/c1-18(2)33-25(24-14-22(27)10-9-19(24)3)21-8-6-11-30(16-21)26(31)29-15-23(28)13-20-7-4-5-12-32-17-20/h9-10,14,18,20-21,23,25H,4-8,11-13,15-17,28H2,1-3H3,(H,29,31)/t20-,21-,23-,25?/m1/s1. The summed E-state index contributed by atoms with van der Waals surface area (Å²) in [6, 6.07) is 4.71. The number of nitrogens with zero attached hydrogens (tertiary/aromatic N) is 1. The Morgan fingerprint density at radius 1 is 1.30 bits per heavy atom. The van der Waals surface area contributed by atoms with Crippen molar-refractivity contribution in [1.82, 2.24) is 10.2 Å². The van der Waals surface area contributed by atoms with Crippen molar-refractivity contribution in [1.29, 1.82) is 0 Å². The van der Waals surface area contributed by atoms with E-state index in [1.807, 2.05) is 25.7 Å². The highest BCUT2D eigenvalue weighted by atomic mass is 19.1. The lowest BCUT2D eigenvalue weighted by molar-refractivity contribution is -0.0437. The number of hydrogen-bond acceptors (Lipinski definition) is 4. The minimum absolute atomic E-state index is 0.00726. The van der Waals surface area contributed by atoms with Crippen LogP contribution in [0.15, 0.2) is 18.2 Å². The molecule has 2 aliphatic rings. The predicted octanol–water partition coefficient (Wildman–Crippen LogP) is 4.56. The van der Waals surface area contributed by atoms with Crippen LogP contribution in [-0.2, 0) is 9.47 Å². The van der Waals surface area contributed by atoms with Gasteiger partial charge in [-0.05, 0) is 82.1 Å². The first-order chi connectivity index (χ1) is 15.8. The Hall–Kier alpha value is -1.70. The van der Waals surface area contributed by atoms with Crippen molar-refractivity contribution in [3.8, 4) is 0 Å². The van der Waals surface area contributed by atoms with Crippen molar-refractivity contribution in [2.45, 2.75) is 77.5 Å². The number of halogens is 1. The van der Waals surface area contributed by atoms with Gasteiger partial charge in [0, 0.05) is 44.8 Å². The lowest BCUT2D eigenvalue weighted by atomic mass is 9.86. The summed E-state index contributed by atoms with van der Waals surface area (Å²) in [5.74, 6) is 0.331. The zero-order chi connectivity index (χ0) is 23.8. The number of aryl methyl sites for hydroxylation is 1. The van der Waals surface area contributed by atoms with Gasteiger partial charge in [0.05, 0.1) is 12.2 Å². The minimum atomic E-state index is -0.258. The molecule has 4 atom stereocenters. The van der Waals surface area contributed by atoms with E-state index in [1.165, 1.54) is 12.5 Å². The van der Waals surface area contributed by atoms with Crippen LogP contribution < -0.4 is 11.1 Å². The molecule has 7 heteroatoms. The highest BCUT2D eigenvalue weighted by Gasteiger charge is 2.33. The first-order valence-corrected chi connectivity index (χ1v) is 12.6. The van der Waals surface area contributed by atoms with E-state index < -0.39 is 0 Å². The molecule has 2 saturated heterocycles. The first-order valence-electron chi connectivity index (χ1n) is 12.6. The van der Waals surface area contributed by atoms with E-state index in [0.717, 1.165) is 56.4 Å². The van der Waals surface area contributed by atoms with Gasteiger partial charge in [0.2, 0.25) is 0 Å². The molecule has 0 aliphatic carbocycles. The van der Waals surface area contributed by atoms with Crippen molar-refractivity contribution in [2.75, 3.05) is 32.8 Å². The van der Waals surface area contributed by atoms with E-state index in [1.54, 1.807) is 12.1 Å². The van der Waals surface area contributed by atoms with Gasteiger partial charge in [0.15, 0.2) is 0 Å². The zero-order valence-electron chi connectivity index (χ0n) is 20.5. The van der Waals surface area contributed by atoms with Gasteiger partial charge in [-0.2, -0.15) is 0 Å². The Morgan fingerprint density at radius 2 is 2.12 bits per heavy atom. The second-order valence-corrected chi connectivity index (χ2v) is 10.1. The third-order valence-corrected chi connectivity index (χ3v) is 6.80. The van der Waals surface area contributed by atoms with Gasteiger partial charge in [-0.25, -0.2) is 9.18 Å². The maximum Gasteiger partial charge on any atom is 0.317 e. The Labute approximate surface area is 198 Å². The number of amides is 2. The van der Waals surface area contributed by atoms with Gasteiger partial charge in [0.1, 0.15) is 5.82 Å². The average molecular weight is 464 g/mol. The fraction of sp³-hybridized carbons (Fsp3) is 0.731. The molecule has 1 aromatic rings. The topological polar surface area (TPSA) is 76.8 Å². The van der Waals surface area contributed by atoms with Gasteiger partial charge < -0.3 is 25.4 Å². The third kappa shape index (κ3) is 7.94. The van der Waals surface area contributed by atoms with Crippen molar-refractivity contribution in [3.63, 3.8) is 0 Å². The maximum absolute atomic E-state index is 14.0. The van der Waals surface area contributed by atoms with E-state index in [4.69, 9.17) is 15.2 Å². The average Bonchev–Trinajstić information content (AvgIpc) is 3.06. The van der Waals surface area contributed by atoms with Crippen LogP contribution >= 0.6 is 0 Å². The van der Waals surface area contributed by atoms with Crippen molar-refractivity contribution < 1.29 is 18.7 Å². The van der Waals surface area contributed by atoms with E-state index in [2.05, 4.69) is 5.32 Å². The van der Waals surface area contributed by atoms with Crippen LogP contribution in [0.2, 0.25) is 0 Å². The Balaban J connectivity index is 1.57. The largest absolute Gasteiger partial charge is 0.381 e. The fourth-order valence-corrected chi connectivity index (χ4v) is 5.09. The van der Waals surface area contributed by atoms with Gasteiger partial charge in [-0.15, -0.1) is 0 Å². The Kier molecular flexibility index (Phi) is 9.95. The molecule has 0 radical (unpaired) electrons. The van der Waals surface area contributed by atoms with Gasteiger partial charge in [-0.3, -0.25) is 0 Å². The molecule has 0 spiro atoms. The molecule has 186 valence electrons. The zero-order valence-corrected chi connectivity index (χ0v) is 20.5. The SMILES string of the molecule is Cc1ccc(F)cc1C(OC(C)C)[C@@H]1CCCN(C(=O)NC[C@H](N)C[C@H]2CCCCOC2)C1. The van der Waals surface area contributed by atoms with Crippen LogP contribution in [0.25, 0.3) is 0 Å². The number of carbonyl (C=O) groups is 1. The third-order valence-electron chi connectivity index (χ3n) is 6.80. The molecular weight excluding hydrogens is 421 g/mol. The molecule has 1 unspecified atom stereocenters. The Bertz CT molecular complexity index is 752. The van der Waals surface area contributed by atoms with Crippen LogP contribution in [0, 0.1) is 24.6 Å². The van der Waals surface area contributed by atoms with Crippen LogP contribution in [0.5, 0.6) is 0 Å². The summed E-state index contributed by atoms with van der Waals surface area (Å²) in [6.45, 7) is 9.35. The highest BCUT2D eigenvalue weighted by Crippen LogP contribution is 2.35. The lowest BCUT2D eigenvalue weighted by Gasteiger charge is -2.38.